The predicted molar refractivity (Wildman–Crippen MR) is 91.3 cm³/mol. The van der Waals surface area contributed by atoms with Gasteiger partial charge in [-0.3, -0.25) is 0 Å². The van der Waals surface area contributed by atoms with Gasteiger partial charge in [0.2, 0.25) is 0 Å². The van der Waals surface area contributed by atoms with Crippen LogP contribution in [0.3, 0.4) is 0 Å². The summed E-state index contributed by atoms with van der Waals surface area (Å²) in [6.45, 7) is 0.332. The van der Waals surface area contributed by atoms with E-state index in [-0.39, 0.29) is 24.0 Å². The van der Waals surface area contributed by atoms with Crippen molar-refractivity contribution < 1.29 is 9.53 Å². The average Bonchev–Trinajstić information content (AvgIpc) is 2.50. The molecule has 4 bridgehead atoms. The number of hydrogen-bond acceptors (Lipinski definition) is 3. The van der Waals surface area contributed by atoms with Gasteiger partial charge >= 0.3 is 6.09 Å². The molecular formula is C18H25ClN2O2. The maximum atomic E-state index is 12.2. The van der Waals surface area contributed by atoms with E-state index in [0.717, 1.165) is 30.7 Å². The third-order valence-electron chi connectivity index (χ3n) is 5.93. The molecule has 1 aromatic carbocycles. The molecule has 4 unspecified atom stereocenters. The summed E-state index contributed by atoms with van der Waals surface area (Å²) in [5.74, 6) is 1.91. The summed E-state index contributed by atoms with van der Waals surface area (Å²) < 4.78 is 5.41. The van der Waals surface area contributed by atoms with Crippen molar-refractivity contribution in [3.63, 3.8) is 0 Å². The summed E-state index contributed by atoms with van der Waals surface area (Å²) in [6, 6.07) is 10.1. The molecule has 1 aromatic rings. The molecule has 0 aliphatic heterocycles. The molecule has 1 amide bonds. The highest BCUT2D eigenvalue weighted by atomic mass is 35.5. The van der Waals surface area contributed by atoms with Gasteiger partial charge in [0.1, 0.15) is 6.61 Å². The normalized spacial score (nSPS) is 37.1. The van der Waals surface area contributed by atoms with Gasteiger partial charge in [0.25, 0.3) is 0 Å². The third kappa shape index (κ3) is 3.20. The molecule has 3 N–H and O–H groups in total. The standard InChI is InChI=1S/C18H24N2O2.ClH/c19-16-14-6-13-7-15(16)10-18(8-13,9-14)20-17(21)22-11-12-4-2-1-3-5-12;/h1-5,13-16H,6-11,19H2,(H,20,21);1H/t13?,14-,15?,16?,18?;/m0./s1. The molecule has 4 aliphatic rings. The molecule has 0 heterocycles. The Morgan fingerprint density at radius 1 is 1.17 bits per heavy atom. The molecule has 5 rings (SSSR count). The van der Waals surface area contributed by atoms with Crippen LogP contribution < -0.4 is 11.1 Å². The average molecular weight is 337 g/mol. The zero-order chi connectivity index (χ0) is 15.2. The van der Waals surface area contributed by atoms with Crippen LogP contribution in [0.2, 0.25) is 0 Å². The van der Waals surface area contributed by atoms with Crippen LogP contribution in [0.5, 0.6) is 0 Å². The van der Waals surface area contributed by atoms with E-state index in [2.05, 4.69) is 5.32 Å². The first-order valence-electron chi connectivity index (χ1n) is 8.38. The Labute approximate surface area is 143 Å². The second-order valence-electron chi connectivity index (χ2n) is 7.51. The number of rotatable bonds is 3. The molecule has 23 heavy (non-hydrogen) atoms. The van der Waals surface area contributed by atoms with Crippen LogP contribution in [-0.2, 0) is 11.3 Å². The largest absolute Gasteiger partial charge is 0.445 e. The van der Waals surface area contributed by atoms with Crippen molar-refractivity contribution in [2.24, 2.45) is 23.5 Å². The summed E-state index contributed by atoms with van der Waals surface area (Å²) >= 11 is 0. The van der Waals surface area contributed by atoms with Crippen molar-refractivity contribution in [2.45, 2.75) is 50.3 Å². The number of amides is 1. The molecule has 4 aliphatic carbocycles. The highest BCUT2D eigenvalue weighted by molar-refractivity contribution is 5.85. The van der Waals surface area contributed by atoms with Crippen LogP contribution in [0.4, 0.5) is 4.79 Å². The number of alkyl carbamates (subject to hydrolysis) is 1. The van der Waals surface area contributed by atoms with Crippen molar-refractivity contribution >= 4 is 18.5 Å². The van der Waals surface area contributed by atoms with E-state index in [9.17, 15) is 4.79 Å². The predicted octanol–water partition coefficient (Wildman–Crippen LogP) is 3.24. The Morgan fingerprint density at radius 2 is 1.83 bits per heavy atom. The number of nitrogens with two attached hydrogens (primary N) is 1. The number of halogens is 1. The quantitative estimate of drug-likeness (QED) is 0.890. The van der Waals surface area contributed by atoms with E-state index in [0.29, 0.717) is 24.5 Å². The minimum absolute atomic E-state index is 0. The van der Waals surface area contributed by atoms with Gasteiger partial charge in [0.15, 0.2) is 0 Å². The summed E-state index contributed by atoms with van der Waals surface area (Å²) in [5.41, 5.74) is 7.31. The fraction of sp³-hybridized carbons (Fsp3) is 0.611. The second-order valence-corrected chi connectivity index (χ2v) is 7.51. The van der Waals surface area contributed by atoms with Crippen LogP contribution in [0, 0.1) is 17.8 Å². The van der Waals surface area contributed by atoms with Crippen molar-refractivity contribution in [2.75, 3.05) is 0 Å². The van der Waals surface area contributed by atoms with Crippen molar-refractivity contribution in [1.82, 2.24) is 5.32 Å². The number of ether oxygens (including phenoxy) is 1. The molecule has 4 nitrogen and oxygen atoms in total. The summed E-state index contributed by atoms with van der Waals surface area (Å²) in [5, 5.41) is 3.20. The number of nitrogens with one attached hydrogen (secondary N) is 1. The lowest BCUT2D eigenvalue weighted by Gasteiger charge is -2.59. The van der Waals surface area contributed by atoms with Gasteiger partial charge in [-0.05, 0) is 55.4 Å². The van der Waals surface area contributed by atoms with Crippen molar-refractivity contribution in [3.05, 3.63) is 35.9 Å². The van der Waals surface area contributed by atoms with Gasteiger partial charge in [0, 0.05) is 11.6 Å². The molecule has 5 heteroatoms. The zero-order valence-corrected chi connectivity index (χ0v) is 14.1. The fourth-order valence-electron chi connectivity index (χ4n) is 5.19. The monoisotopic (exact) mass is 336 g/mol. The van der Waals surface area contributed by atoms with Crippen LogP contribution in [-0.4, -0.2) is 17.7 Å². The Bertz CT molecular complexity index is 549. The van der Waals surface area contributed by atoms with E-state index in [1.54, 1.807) is 0 Å². The lowest BCUT2D eigenvalue weighted by Crippen LogP contribution is -2.65. The molecule has 126 valence electrons. The summed E-state index contributed by atoms with van der Waals surface area (Å²) in [6.07, 6.45) is 5.39. The number of carbonyl (C=O) groups excluding carboxylic acids is 1. The van der Waals surface area contributed by atoms with Crippen molar-refractivity contribution in [3.8, 4) is 0 Å². The van der Waals surface area contributed by atoms with Crippen molar-refractivity contribution in [1.29, 1.82) is 0 Å². The molecule has 4 saturated carbocycles. The minimum Gasteiger partial charge on any atom is -0.445 e. The smallest absolute Gasteiger partial charge is 0.407 e. The lowest BCUT2D eigenvalue weighted by molar-refractivity contribution is -0.0347. The maximum absolute atomic E-state index is 12.2. The highest BCUT2D eigenvalue weighted by Crippen LogP contribution is 2.55. The van der Waals surface area contributed by atoms with Crippen LogP contribution in [0.15, 0.2) is 30.3 Å². The van der Waals surface area contributed by atoms with Crippen LogP contribution >= 0.6 is 12.4 Å². The number of benzene rings is 1. The maximum Gasteiger partial charge on any atom is 0.407 e. The molecule has 0 radical (unpaired) electrons. The molecule has 0 spiro atoms. The highest BCUT2D eigenvalue weighted by Gasteiger charge is 2.55. The molecular weight excluding hydrogens is 312 g/mol. The van der Waals surface area contributed by atoms with Gasteiger partial charge in [-0.2, -0.15) is 0 Å². The van der Waals surface area contributed by atoms with Gasteiger partial charge in [-0.25, -0.2) is 4.79 Å². The zero-order valence-electron chi connectivity index (χ0n) is 13.2. The lowest BCUT2D eigenvalue weighted by atomic mass is 9.51. The Hall–Kier alpha value is -1.26. The van der Waals surface area contributed by atoms with E-state index in [1.165, 1.54) is 12.8 Å². The van der Waals surface area contributed by atoms with Gasteiger partial charge in [-0.15, -0.1) is 12.4 Å². The minimum atomic E-state index is -0.278. The number of hydrogen-bond donors (Lipinski definition) is 2. The molecule has 0 saturated heterocycles. The molecule has 4 fully saturated rings. The molecule has 0 aromatic heterocycles. The summed E-state index contributed by atoms with van der Waals surface area (Å²) in [7, 11) is 0. The Kier molecular flexibility index (Phi) is 4.56. The van der Waals surface area contributed by atoms with E-state index in [1.807, 2.05) is 30.3 Å². The SMILES string of the molecule is Cl.NC1C2CC3C[C@H]1CC(NC(=O)OCc1ccccc1)(C3)C2. The topological polar surface area (TPSA) is 64.3 Å². The van der Waals surface area contributed by atoms with Crippen LogP contribution in [0.25, 0.3) is 0 Å². The van der Waals surface area contributed by atoms with E-state index in [4.69, 9.17) is 10.5 Å². The number of carbonyl (C=O) groups is 1. The molecule has 5 atom stereocenters. The van der Waals surface area contributed by atoms with E-state index >= 15 is 0 Å². The van der Waals surface area contributed by atoms with E-state index < -0.39 is 0 Å². The second kappa shape index (κ2) is 6.33. The van der Waals surface area contributed by atoms with Gasteiger partial charge < -0.3 is 15.8 Å². The first-order chi connectivity index (χ1) is 10.6. The first kappa shape index (κ1) is 16.6. The van der Waals surface area contributed by atoms with Gasteiger partial charge in [0.05, 0.1) is 0 Å². The van der Waals surface area contributed by atoms with Gasteiger partial charge in [-0.1, -0.05) is 30.3 Å². The Balaban J connectivity index is 0.00000156. The van der Waals surface area contributed by atoms with Crippen LogP contribution in [0.1, 0.15) is 37.7 Å². The first-order valence-corrected chi connectivity index (χ1v) is 8.38. The third-order valence-corrected chi connectivity index (χ3v) is 5.93. The fourth-order valence-corrected chi connectivity index (χ4v) is 5.19. The Morgan fingerprint density at radius 3 is 2.48 bits per heavy atom. The summed E-state index contributed by atoms with van der Waals surface area (Å²) in [4.78, 5) is 12.2.